The largest absolute Gasteiger partial charge is 0.487 e. The summed E-state index contributed by atoms with van der Waals surface area (Å²) in [6, 6.07) is 18.6. The van der Waals surface area contributed by atoms with E-state index in [-0.39, 0.29) is 11.3 Å². The van der Waals surface area contributed by atoms with Crippen LogP contribution in [0.3, 0.4) is 0 Å². The number of hydrogen-bond donors (Lipinski definition) is 1. The molecule has 1 fully saturated rings. The maximum absolute atomic E-state index is 13.6. The zero-order chi connectivity index (χ0) is 23.9. The van der Waals surface area contributed by atoms with Crippen molar-refractivity contribution in [2.75, 3.05) is 19.6 Å². The number of carbonyl (C=O) groups is 1. The molecule has 0 unspecified atom stereocenters. The van der Waals surface area contributed by atoms with Gasteiger partial charge in [0.25, 0.3) is 0 Å². The number of benzene rings is 2. The molecule has 35 heavy (non-hydrogen) atoms. The average molecular weight is 474 g/mol. The number of nitrogens with zero attached hydrogens (tertiary/aromatic N) is 4. The fourth-order valence-corrected chi connectivity index (χ4v) is 5.35. The van der Waals surface area contributed by atoms with E-state index >= 15 is 0 Å². The van der Waals surface area contributed by atoms with Crippen molar-refractivity contribution >= 4 is 5.91 Å². The molecule has 0 atom stereocenters. The summed E-state index contributed by atoms with van der Waals surface area (Å²) in [6.45, 7) is 4.63. The Kier molecular flexibility index (Phi) is 7.42. The first-order valence-corrected chi connectivity index (χ1v) is 12.8. The molecule has 3 aromatic rings. The number of ether oxygens (including phenoxy) is 1. The monoisotopic (exact) mass is 473 g/mol. The SMILES string of the molecule is O=C1NCc2ccccc2OCc2cn(nn2)CCCC12CCN(CCCc1ccccc1)CC2. The number of fused-ring (bicyclic) bond motifs is 3. The van der Waals surface area contributed by atoms with E-state index in [1.54, 1.807) is 0 Å². The minimum atomic E-state index is -0.334. The maximum atomic E-state index is 13.6. The van der Waals surface area contributed by atoms with Crippen LogP contribution in [-0.2, 0) is 30.9 Å². The Morgan fingerprint density at radius 1 is 0.971 bits per heavy atom. The number of amides is 1. The average Bonchev–Trinajstić information content (AvgIpc) is 3.35. The minimum absolute atomic E-state index is 0.174. The first-order valence-electron chi connectivity index (χ1n) is 12.8. The fourth-order valence-electron chi connectivity index (χ4n) is 5.35. The van der Waals surface area contributed by atoms with Crippen molar-refractivity contribution in [3.63, 3.8) is 0 Å². The highest BCUT2D eigenvalue weighted by molar-refractivity contribution is 5.82. The zero-order valence-corrected chi connectivity index (χ0v) is 20.4. The molecule has 2 bridgehead atoms. The van der Waals surface area contributed by atoms with Gasteiger partial charge >= 0.3 is 0 Å². The molecule has 1 aromatic heterocycles. The molecule has 7 nitrogen and oxygen atoms in total. The normalized spacial score (nSPS) is 18.8. The Labute approximate surface area is 207 Å². The van der Waals surface area contributed by atoms with Crippen molar-refractivity contribution in [2.24, 2.45) is 5.41 Å². The molecule has 7 heteroatoms. The molecule has 2 aliphatic heterocycles. The molecule has 1 N–H and O–H groups in total. The number of carbonyl (C=O) groups excluding carboxylic acids is 1. The van der Waals surface area contributed by atoms with E-state index < -0.39 is 0 Å². The van der Waals surface area contributed by atoms with Gasteiger partial charge in [0.1, 0.15) is 18.1 Å². The summed E-state index contributed by atoms with van der Waals surface area (Å²) in [5, 5.41) is 11.8. The summed E-state index contributed by atoms with van der Waals surface area (Å²) in [5.74, 6) is 0.953. The lowest BCUT2D eigenvalue weighted by Gasteiger charge is -2.41. The molecule has 2 aromatic carbocycles. The summed E-state index contributed by atoms with van der Waals surface area (Å²) in [7, 11) is 0. The summed E-state index contributed by atoms with van der Waals surface area (Å²) in [5.41, 5.74) is 2.87. The lowest BCUT2D eigenvalue weighted by molar-refractivity contribution is -0.134. The third kappa shape index (κ3) is 5.90. The summed E-state index contributed by atoms with van der Waals surface area (Å²) in [4.78, 5) is 16.1. The van der Waals surface area contributed by atoms with E-state index in [2.05, 4.69) is 50.9 Å². The third-order valence-corrected chi connectivity index (χ3v) is 7.49. The van der Waals surface area contributed by atoms with Gasteiger partial charge in [-0.15, -0.1) is 5.10 Å². The smallest absolute Gasteiger partial charge is 0.226 e. The molecule has 5 rings (SSSR count). The Balaban J connectivity index is 1.24. The second-order valence-electron chi connectivity index (χ2n) is 9.87. The first kappa shape index (κ1) is 23.5. The number of rotatable bonds is 4. The van der Waals surface area contributed by atoms with Crippen LogP contribution in [0.2, 0.25) is 0 Å². The molecule has 1 spiro atoms. The fraction of sp³-hybridized carbons (Fsp3) is 0.464. The molecule has 1 amide bonds. The lowest BCUT2D eigenvalue weighted by Crippen LogP contribution is -2.49. The Bertz CT molecular complexity index is 1110. The minimum Gasteiger partial charge on any atom is -0.487 e. The molecule has 1 saturated heterocycles. The third-order valence-electron chi connectivity index (χ3n) is 7.49. The van der Waals surface area contributed by atoms with Crippen molar-refractivity contribution in [1.29, 1.82) is 0 Å². The quantitative estimate of drug-likeness (QED) is 0.621. The second kappa shape index (κ2) is 11.0. The van der Waals surface area contributed by atoms with Gasteiger partial charge in [0.05, 0.1) is 11.6 Å². The highest BCUT2D eigenvalue weighted by Crippen LogP contribution is 2.37. The van der Waals surface area contributed by atoms with E-state index in [4.69, 9.17) is 4.74 Å². The number of hydrogen-bond acceptors (Lipinski definition) is 5. The molecule has 0 aliphatic carbocycles. The number of para-hydroxylation sites is 1. The summed E-state index contributed by atoms with van der Waals surface area (Å²) >= 11 is 0. The van der Waals surface area contributed by atoms with Crippen molar-refractivity contribution in [2.45, 2.75) is 58.2 Å². The van der Waals surface area contributed by atoms with E-state index in [0.717, 1.165) is 81.7 Å². The summed E-state index contributed by atoms with van der Waals surface area (Å²) in [6.07, 6.45) is 7.76. The predicted molar refractivity (Wildman–Crippen MR) is 135 cm³/mol. The van der Waals surface area contributed by atoms with Crippen molar-refractivity contribution < 1.29 is 9.53 Å². The van der Waals surface area contributed by atoms with Crippen LogP contribution >= 0.6 is 0 Å². The van der Waals surface area contributed by atoms with Crippen LogP contribution in [0, 0.1) is 5.41 Å². The molecular weight excluding hydrogens is 438 g/mol. The van der Waals surface area contributed by atoms with Crippen LogP contribution in [-0.4, -0.2) is 45.4 Å². The van der Waals surface area contributed by atoms with Gasteiger partial charge in [0.15, 0.2) is 0 Å². The standard InChI is InChI=1S/C28H35N5O2/c34-27-28(14-18-32(19-15-28)16-6-10-23-8-2-1-3-9-23)13-7-17-33-21-25(30-31-33)22-35-26-12-5-4-11-24(26)20-29-27/h1-5,8-9,11-12,21H,6-7,10,13-20,22H2,(H,29,34). The molecule has 0 saturated carbocycles. The van der Waals surface area contributed by atoms with Crippen LogP contribution in [0.15, 0.2) is 60.8 Å². The molecular formula is C28H35N5O2. The Morgan fingerprint density at radius 2 is 1.77 bits per heavy atom. The second-order valence-corrected chi connectivity index (χ2v) is 9.87. The molecule has 184 valence electrons. The Hall–Kier alpha value is -3.19. The van der Waals surface area contributed by atoms with E-state index in [1.165, 1.54) is 5.56 Å². The number of aryl methyl sites for hydroxylation is 2. The van der Waals surface area contributed by atoms with Crippen LogP contribution in [0.4, 0.5) is 0 Å². The predicted octanol–water partition coefficient (Wildman–Crippen LogP) is 3.98. The molecule has 3 heterocycles. The van der Waals surface area contributed by atoms with Crippen LogP contribution in [0.5, 0.6) is 5.75 Å². The maximum Gasteiger partial charge on any atom is 0.226 e. The van der Waals surface area contributed by atoms with Crippen molar-refractivity contribution in [1.82, 2.24) is 25.2 Å². The highest BCUT2D eigenvalue weighted by Gasteiger charge is 2.40. The van der Waals surface area contributed by atoms with Gasteiger partial charge in [0.2, 0.25) is 5.91 Å². The molecule has 0 radical (unpaired) electrons. The topological polar surface area (TPSA) is 72.3 Å². The van der Waals surface area contributed by atoms with E-state index in [9.17, 15) is 4.79 Å². The van der Waals surface area contributed by atoms with Crippen LogP contribution in [0.25, 0.3) is 0 Å². The van der Waals surface area contributed by atoms with Gasteiger partial charge in [-0.25, -0.2) is 0 Å². The molecule has 2 aliphatic rings. The Morgan fingerprint density at radius 3 is 2.63 bits per heavy atom. The number of aromatic nitrogens is 3. The number of likely N-dealkylation sites (tertiary alicyclic amines) is 1. The summed E-state index contributed by atoms with van der Waals surface area (Å²) < 4.78 is 7.89. The van der Waals surface area contributed by atoms with E-state index in [1.807, 2.05) is 35.1 Å². The highest BCUT2D eigenvalue weighted by atomic mass is 16.5. The van der Waals surface area contributed by atoms with Crippen LogP contribution in [0.1, 0.15) is 48.9 Å². The van der Waals surface area contributed by atoms with E-state index in [0.29, 0.717) is 13.2 Å². The van der Waals surface area contributed by atoms with Gasteiger partial charge in [-0.2, -0.15) is 0 Å². The van der Waals surface area contributed by atoms with Gasteiger partial charge in [-0.05, 0) is 69.8 Å². The lowest BCUT2D eigenvalue weighted by atomic mass is 9.73. The number of nitrogens with one attached hydrogen (secondary N) is 1. The first-order chi connectivity index (χ1) is 17.2. The zero-order valence-electron chi connectivity index (χ0n) is 20.4. The van der Waals surface area contributed by atoms with Crippen molar-refractivity contribution in [3.8, 4) is 5.75 Å². The number of piperidine rings is 1. The van der Waals surface area contributed by atoms with Crippen molar-refractivity contribution in [3.05, 3.63) is 77.6 Å². The van der Waals surface area contributed by atoms with Gasteiger partial charge in [0, 0.05) is 18.7 Å². The van der Waals surface area contributed by atoms with Crippen LogP contribution < -0.4 is 10.1 Å². The van der Waals surface area contributed by atoms with Gasteiger partial charge < -0.3 is 15.0 Å². The van der Waals surface area contributed by atoms with Gasteiger partial charge in [-0.1, -0.05) is 53.7 Å². The van der Waals surface area contributed by atoms with Gasteiger partial charge in [-0.3, -0.25) is 9.48 Å².